The number of rotatable bonds is 5. The number of amides is 1. The van der Waals surface area contributed by atoms with E-state index in [1.54, 1.807) is 24.3 Å². The van der Waals surface area contributed by atoms with Gasteiger partial charge in [-0.25, -0.2) is 14.4 Å². The van der Waals surface area contributed by atoms with E-state index in [9.17, 15) is 9.18 Å². The number of hydrogen-bond acceptors (Lipinski definition) is 4. The largest absolute Gasteiger partial charge is 0.441 e. The van der Waals surface area contributed by atoms with Gasteiger partial charge in [0, 0.05) is 18.4 Å². The molecule has 0 atom stereocenters. The van der Waals surface area contributed by atoms with Gasteiger partial charge in [0.25, 0.3) is 5.91 Å². The summed E-state index contributed by atoms with van der Waals surface area (Å²) in [5, 5.41) is 3.46. The molecule has 4 rings (SSSR count). The number of aromatic nitrogens is 2. The molecule has 0 bridgehead atoms. The Hall–Kier alpha value is -3.28. The molecule has 2 heterocycles. The molecule has 0 spiro atoms. The molecule has 26 heavy (non-hydrogen) atoms. The van der Waals surface area contributed by atoms with E-state index in [2.05, 4.69) is 15.3 Å². The summed E-state index contributed by atoms with van der Waals surface area (Å²) in [5.41, 5.74) is 1.99. The second-order valence-electron chi connectivity index (χ2n) is 5.94. The van der Waals surface area contributed by atoms with Crippen molar-refractivity contribution in [3.63, 3.8) is 0 Å². The maximum Gasteiger partial charge on any atom is 0.269 e. The van der Waals surface area contributed by atoms with Gasteiger partial charge in [0.05, 0.1) is 0 Å². The lowest BCUT2D eigenvalue weighted by molar-refractivity contribution is 0.0948. The maximum atomic E-state index is 13.8. The Morgan fingerprint density at radius 1 is 1.04 bits per heavy atom. The first-order valence-electron chi connectivity index (χ1n) is 8.38. The summed E-state index contributed by atoms with van der Waals surface area (Å²) in [6.45, 7) is 0.453. The van der Waals surface area contributed by atoms with Crippen LogP contribution in [0.4, 0.5) is 4.39 Å². The first-order chi connectivity index (χ1) is 12.7. The van der Waals surface area contributed by atoms with Gasteiger partial charge >= 0.3 is 0 Å². The zero-order valence-corrected chi connectivity index (χ0v) is 13.9. The number of halogens is 1. The van der Waals surface area contributed by atoms with Crippen molar-refractivity contribution in [1.29, 1.82) is 0 Å². The molecule has 0 unspecified atom stereocenters. The van der Waals surface area contributed by atoms with Gasteiger partial charge in [-0.05, 0) is 30.7 Å². The highest BCUT2D eigenvalue weighted by atomic mass is 19.1. The van der Waals surface area contributed by atoms with Crippen LogP contribution >= 0.6 is 0 Å². The summed E-state index contributed by atoms with van der Waals surface area (Å²) in [6.07, 6.45) is 1.30. The van der Waals surface area contributed by atoms with Gasteiger partial charge in [-0.15, -0.1) is 0 Å². The number of para-hydroxylation sites is 3. The first kappa shape index (κ1) is 16.2. The number of hydrogen-bond donors (Lipinski definition) is 1. The Labute approximate surface area is 148 Å². The third kappa shape index (κ3) is 3.26. The van der Waals surface area contributed by atoms with Crippen LogP contribution in [0.25, 0.3) is 22.0 Å². The van der Waals surface area contributed by atoms with Gasteiger partial charge in [0.15, 0.2) is 11.5 Å². The lowest BCUT2D eigenvalue weighted by atomic mass is 10.2. The topological polar surface area (TPSA) is 68.0 Å². The van der Waals surface area contributed by atoms with E-state index in [1.807, 2.05) is 24.3 Å². The molecule has 0 saturated heterocycles. The van der Waals surface area contributed by atoms with Crippen molar-refractivity contribution in [2.24, 2.45) is 0 Å². The number of aryl methyl sites for hydroxylation is 1. The van der Waals surface area contributed by atoms with Gasteiger partial charge in [0.2, 0.25) is 0 Å². The molecule has 2 aromatic carbocycles. The zero-order valence-electron chi connectivity index (χ0n) is 13.9. The standard InChI is InChI=1S/C20H16FN3O2/c21-14-6-3-5-13-10-11-16(24-19(13)14)20(25)22-12-4-9-18-23-15-7-1-2-8-17(15)26-18/h1-3,5-8,10-11H,4,9,12H2,(H,22,25). The summed E-state index contributed by atoms with van der Waals surface area (Å²) in [5.74, 6) is -0.118. The number of fused-ring (bicyclic) bond motifs is 2. The molecule has 6 heteroatoms. The van der Waals surface area contributed by atoms with Crippen LogP contribution in [-0.4, -0.2) is 22.4 Å². The van der Waals surface area contributed by atoms with Gasteiger partial charge in [0.1, 0.15) is 22.5 Å². The fourth-order valence-corrected chi connectivity index (χ4v) is 2.80. The molecule has 130 valence electrons. The minimum atomic E-state index is -0.437. The number of pyridine rings is 1. The summed E-state index contributed by atoms with van der Waals surface area (Å²) in [7, 11) is 0. The average Bonchev–Trinajstić information content (AvgIpc) is 3.08. The van der Waals surface area contributed by atoms with Gasteiger partial charge in [-0.3, -0.25) is 4.79 Å². The molecule has 2 aromatic heterocycles. The lowest BCUT2D eigenvalue weighted by Crippen LogP contribution is -2.25. The number of carbonyl (C=O) groups excluding carboxylic acids is 1. The summed E-state index contributed by atoms with van der Waals surface area (Å²) in [6, 6.07) is 15.6. The van der Waals surface area contributed by atoms with Crippen molar-refractivity contribution in [2.45, 2.75) is 12.8 Å². The van der Waals surface area contributed by atoms with E-state index in [0.717, 1.165) is 11.1 Å². The predicted molar refractivity (Wildman–Crippen MR) is 96.4 cm³/mol. The van der Waals surface area contributed by atoms with Crippen LogP contribution in [0.5, 0.6) is 0 Å². The Morgan fingerprint density at radius 3 is 2.81 bits per heavy atom. The Bertz CT molecular complexity index is 1060. The monoisotopic (exact) mass is 349 g/mol. The summed E-state index contributed by atoms with van der Waals surface area (Å²) < 4.78 is 19.4. The quantitative estimate of drug-likeness (QED) is 0.555. The Balaban J connectivity index is 1.35. The number of carbonyl (C=O) groups is 1. The molecule has 0 radical (unpaired) electrons. The van der Waals surface area contributed by atoms with Gasteiger partial charge < -0.3 is 9.73 Å². The summed E-state index contributed by atoms with van der Waals surface area (Å²) in [4.78, 5) is 20.7. The van der Waals surface area contributed by atoms with Crippen molar-refractivity contribution in [2.75, 3.05) is 6.54 Å². The molecule has 0 aliphatic heterocycles. The minimum absolute atomic E-state index is 0.199. The molecule has 0 fully saturated rings. The number of nitrogens with zero attached hydrogens (tertiary/aromatic N) is 2. The van der Waals surface area contributed by atoms with Crippen LogP contribution in [0.15, 0.2) is 59.0 Å². The summed E-state index contributed by atoms with van der Waals surface area (Å²) >= 11 is 0. The smallest absolute Gasteiger partial charge is 0.269 e. The number of nitrogens with one attached hydrogen (secondary N) is 1. The second-order valence-corrected chi connectivity index (χ2v) is 5.94. The number of benzene rings is 2. The van der Waals surface area contributed by atoms with Crippen LogP contribution in [0.1, 0.15) is 22.8 Å². The molecular weight excluding hydrogens is 333 g/mol. The zero-order chi connectivity index (χ0) is 17.9. The van der Waals surface area contributed by atoms with E-state index in [-0.39, 0.29) is 17.1 Å². The second kappa shape index (κ2) is 6.92. The normalized spacial score (nSPS) is 11.1. The predicted octanol–water partition coefficient (Wildman–Crippen LogP) is 3.88. The number of oxazole rings is 1. The van der Waals surface area contributed by atoms with E-state index in [4.69, 9.17) is 4.42 Å². The molecule has 0 saturated carbocycles. The van der Waals surface area contributed by atoms with Crippen molar-refractivity contribution in [3.05, 3.63) is 72.0 Å². The maximum absolute atomic E-state index is 13.8. The van der Waals surface area contributed by atoms with Gasteiger partial charge in [-0.2, -0.15) is 0 Å². The van der Waals surface area contributed by atoms with Crippen LogP contribution < -0.4 is 5.32 Å². The molecule has 0 aliphatic carbocycles. The third-order valence-electron chi connectivity index (χ3n) is 4.09. The van der Waals surface area contributed by atoms with Crippen LogP contribution in [0.2, 0.25) is 0 Å². The molecular formula is C20H16FN3O2. The first-order valence-corrected chi connectivity index (χ1v) is 8.38. The fraction of sp³-hybridized carbons (Fsp3) is 0.150. The SMILES string of the molecule is O=C(NCCCc1nc2ccccc2o1)c1ccc2cccc(F)c2n1. The molecule has 5 nitrogen and oxygen atoms in total. The average molecular weight is 349 g/mol. The molecule has 1 N–H and O–H groups in total. The van der Waals surface area contributed by atoms with E-state index < -0.39 is 5.82 Å². The van der Waals surface area contributed by atoms with Crippen molar-refractivity contribution in [3.8, 4) is 0 Å². The Kier molecular flexibility index (Phi) is 4.31. The highest BCUT2D eigenvalue weighted by molar-refractivity contribution is 5.94. The minimum Gasteiger partial charge on any atom is -0.441 e. The van der Waals surface area contributed by atoms with E-state index in [0.29, 0.717) is 30.7 Å². The van der Waals surface area contributed by atoms with Gasteiger partial charge in [-0.1, -0.05) is 30.3 Å². The van der Waals surface area contributed by atoms with Crippen LogP contribution in [0.3, 0.4) is 0 Å². The van der Waals surface area contributed by atoms with Crippen molar-refractivity contribution >= 4 is 27.9 Å². The highest BCUT2D eigenvalue weighted by Crippen LogP contribution is 2.17. The van der Waals surface area contributed by atoms with E-state index >= 15 is 0 Å². The molecule has 0 aliphatic rings. The highest BCUT2D eigenvalue weighted by Gasteiger charge is 2.10. The fourth-order valence-electron chi connectivity index (χ4n) is 2.80. The third-order valence-corrected chi connectivity index (χ3v) is 4.09. The molecule has 4 aromatic rings. The molecule has 1 amide bonds. The van der Waals surface area contributed by atoms with E-state index in [1.165, 1.54) is 6.07 Å². The van der Waals surface area contributed by atoms with Crippen LogP contribution in [0, 0.1) is 5.82 Å². The Morgan fingerprint density at radius 2 is 1.92 bits per heavy atom. The van der Waals surface area contributed by atoms with Crippen molar-refractivity contribution < 1.29 is 13.6 Å². The van der Waals surface area contributed by atoms with Crippen molar-refractivity contribution in [1.82, 2.24) is 15.3 Å². The lowest BCUT2D eigenvalue weighted by Gasteiger charge is -2.05. The van der Waals surface area contributed by atoms with Crippen LogP contribution in [-0.2, 0) is 6.42 Å².